The first-order valence-corrected chi connectivity index (χ1v) is 7.24. The van der Waals surface area contributed by atoms with E-state index >= 15 is 0 Å². The number of hydrogen-bond donors (Lipinski definition) is 2. The number of nitrogens with one attached hydrogen (secondary N) is 1. The molecule has 0 spiro atoms. The van der Waals surface area contributed by atoms with Crippen LogP contribution in [0, 0.1) is 11.6 Å². The minimum atomic E-state index is -0.726. The molecule has 5 nitrogen and oxygen atoms in total. The van der Waals surface area contributed by atoms with Gasteiger partial charge in [-0.2, -0.15) is 0 Å². The zero-order valence-corrected chi connectivity index (χ0v) is 12.5. The van der Waals surface area contributed by atoms with Crippen molar-refractivity contribution in [3.8, 4) is 0 Å². The Hall–Kier alpha value is -1.57. The molecule has 0 bridgehead atoms. The second-order valence-electron chi connectivity index (χ2n) is 5.45. The van der Waals surface area contributed by atoms with Crippen LogP contribution < -0.4 is 11.1 Å². The zero-order valence-electron chi connectivity index (χ0n) is 12.5. The van der Waals surface area contributed by atoms with Crippen molar-refractivity contribution >= 4 is 11.6 Å². The van der Waals surface area contributed by atoms with Gasteiger partial charge in [0.1, 0.15) is 11.6 Å². The third-order valence-electron chi connectivity index (χ3n) is 3.89. The van der Waals surface area contributed by atoms with Crippen LogP contribution in [0.25, 0.3) is 0 Å². The van der Waals surface area contributed by atoms with Gasteiger partial charge in [-0.05, 0) is 25.0 Å². The van der Waals surface area contributed by atoms with E-state index in [1.54, 1.807) is 7.11 Å². The van der Waals surface area contributed by atoms with E-state index in [0.29, 0.717) is 13.1 Å². The monoisotopic (exact) mass is 313 g/mol. The van der Waals surface area contributed by atoms with Crippen LogP contribution in [0.15, 0.2) is 18.2 Å². The maximum Gasteiger partial charge on any atom is 0.238 e. The molecule has 2 rings (SSSR count). The number of nitrogens with zero attached hydrogens (tertiary/aromatic N) is 1. The lowest BCUT2D eigenvalue weighted by atomic mass is 9.99. The van der Waals surface area contributed by atoms with Gasteiger partial charge < -0.3 is 15.8 Å². The van der Waals surface area contributed by atoms with Crippen molar-refractivity contribution in [1.29, 1.82) is 0 Å². The highest BCUT2D eigenvalue weighted by Crippen LogP contribution is 2.19. The lowest BCUT2D eigenvalue weighted by Gasteiger charge is -2.37. The molecule has 1 aliphatic heterocycles. The molecule has 0 aromatic heterocycles. The highest BCUT2D eigenvalue weighted by atomic mass is 19.1. The van der Waals surface area contributed by atoms with Crippen molar-refractivity contribution in [2.75, 3.05) is 32.1 Å². The Bertz CT molecular complexity index is 507. The maximum absolute atomic E-state index is 13.1. The molecule has 1 aromatic rings. The molecule has 1 aliphatic rings. The van der Waals surface area contributed by atoms with Gasteiger partial charge in [-0.15, -0.1) is 0 Å². The number of benzene rings is 1. The van der Waals surface area contributed by atoms with Crippen LogP contribution >= 0.6 is 0 Å². The van der Waals surface area contributed by atoms with Gasteiger partial charge in [-0.3, -0.25) is 9.69 Å². The second kappa shape index (κ2) is 7.62. The fourth-order valence-electron chi connectivity index (χ4n) is 2.74. The van der Waals surface area contributed by atoms with Crippen molar-refractivity contribution in [1.82, 2.24) is 4.90 Å². The van der Waals surface area contributed by atoms with E-state index in [0.717, 1.165) is 31.0 Å². The molecule has 3 N–H and O–H groups in total. The Balaban J connectivity index is 1.93. The molecule has 1 heterocycles. The Morgan fingerprint density at radius 3 is 2.68 bits per heavy atom. The summed E-state index contributed by atoms with van der Waals surface area (Å²) in [5.41, 5.74) is 5.86. The van der Waals surface area contributed by atoms with Crippen LogP contribution in [0.5, 0.6) is 0 Å². The fourth-order valence-corrected chi connectivity index (χ4v) is 2.74. The minimum absolute atomic E-state index is 0.0636. The average molecular weight is 313 g/mol. The van der Waals surface area contributed by atoms with E-state index in [9.17, 15) is 13.6 Å². The molecule has 22 heavy (non-hydrogen) atoms. The molecule has 2 atom stereocenters. The highest BCUT2D eigenvalue weighted by Gasteiger charge is 2.28. The number of nitrogens with two attached hydrogens (primary N) is 1. The average Bonchev–Trinajstić information content (AvgIpc) is 2.46. The van der Waals surface area contributed by atoms with Gasteiger partial charge in [0.25, 0.3) is 0 Å². The number of piperidine rings is 1. The summed E-state index contributed by atoms with van der Waals surface area (Å²) >= 11 is 0. The largest absolute Gasteiger partial charge is 0.381 e. The maximum atomic E-state index is 13.1. The standard InChI is InChI=1S/C15H21F2N3O2/c1-22-14-2-3-20(13(7-14)8-18)9-15(21)19-12-5-10(16)4-11(17)6-12/h4-6,13-14H,2-3,7-9,18H2,1H3,(H,19,21). The fraction of sp³-hybridized carbons (Fsp3) is 0.533. The number of amides is 1. The zero-order chi connectivity index (χ0) is 16.1. The summed E-state index contributed by atoms with van der Waals surface area (Å²) in [5.74, 6) is -1.77. The molecule has 1 saturated heterocycles. The van der Waals surface area contributed by atoms with Gasteiger partial charge in [0, 0.05) is 38.0 Å². The Morgan fingerprint density at radius 2 is 2.09 bits per heavy atom. The van der Waals surface area contributed by atoms with E-state index in [-0.39, 0.29) is 30.3 Å². The molecule has 1 aromatic carbocycles. The SMILES string of the molecule is COC1CCN(CC(=O)Nc2cc(F)cc(F)c2)C(CN)C1. The van der Waals surface area contributed by atoms with E-state index in [1.165, 1.54) is 0 Å². The lowest BCUT2D eigenvalue weighted by Crippen LogP contribution is -2.50. The predicted octanol–water partition coefficient (Wildman–Crippen LogP) is 1.34. The molecule has 122 valence electrons. The van der Waals surface area contributed by atoms with Gasteiger partial charge in [0.2, 0.25) is 5.91 Å². The minimum Gasteiger partial charge on any atom is -0.381 e. The molecule has 1 fully saturated rings. The van der Waals surface area contributed by atoms with Crippen molar-refractivity contribution in [3.05, 3.63) is 29.8 Å². The van der Waals surface area contributed by atoms with Crippen LogP contribution in [0.2, 0.25) is 0 Å². The molecule has 0 saturated carbocycles. The summed E-state index contributed by atoms with van der Waals surface area (Å²) in [4.78, 5) is 14.0. The number of rotatable bonds is 5. The van der Waals surface area contributed by atoms with E-state index in [2.05, 4.69) is 5.32 Å². The molecule has 0 radical (unpaired) electrons. The third-order valence-corrected chi connectivity index (χ3v) is 3.89. The third kappa shape index (κ3) is 4.46. The molecule has 7 heteroatoms. The Labute approximate surface area is 128 Å². The predicted molar refractivity (Wildman–Crippen MR) is 79.4 cm³/mol. The molecule has 0 aliphatic carbocycles. The van der Waals surface area contributed by atoms with Crippen LogP contribution in [0.3, 0.4) is 0 Å². The molecule has 1 amide bonds. The van der Waals surface area contributed by atoms with Gasteiger partial charge in [0.15, 0.2) is 0 Å². The van der Waals surface area contributed by atoms with Gasteiger partial charge >= 0.3 is 0 Å². The van der Waals surface area contributed by atoms with Crippen LogP contribution in [-0.2, 0) is 9.53 Å². The quantitative estimate of drug-likeness (QED) is 0.861. The molecular weight excluding hydrogens is 292 g/mol. The lowest BCUT2D eigenvalue weighted by molar-refractivity contribution is -0.118. The van der Waals surface area contributed by atoms with Crippen LogP contribution in [-0.4, -0.2) is 49.7 Å². The van der Waals surface area contributed by atoms with Crippen LogP contribution in [0.4, 0.5) is 14.5 Å². The first kappa shape index (κ1) is 16.8. The van der Waals surface area contributed by atoms with Crippen LogP contribution in [0.1, 0.15) is 12.8 Å². The van der Waals surface area contributed by atoms with Crippen molar-refractivity contribution < 1.29 is 18.3 Å². The number of likely N-dealkylation sites (tertiary alicyclic amines) is 1. The van der Waals surface area contributed by atoms with Gasteiger partial charge in [0.05, 0.1) is 12.6 Å². The first-order valence-electron chi connectivity index (χ1n) is 7.24. The number of methoxy groups -OCH3 is 1. The molecule has 2 unspecified atom stereocenters. The molecular formula is C15H21F2N3O2. The number of carbonyl (C=O) groups excluding carboxylic acids is 1. The second-order valence-corrected chi connectivity index (χ2v) is 5.45. The summed E-state index contributed by atoms with van der Waals surface area (Å²) in [7, 11) is 1.67. The number of hydrogen-bond acceptors (Lipinski definition) is 4. The topological polar surface area (TPSA) is 67.6 Å². The summed E-state index contributed by atoms with van der Waals surface area (Å²) in [6.07, 6.45) is 1.76. The first-order chi connectivity index (χ1) is 10.5. The smallest absolute Gasteiger partial charge is 0.238 e. The number of halogens is 2. The summed E-state index contributed by atoms with van der Waals surface area (Å²) in [6, 6.07) is 2.99. The summed E-state index contributed by atoms with van der Waals surface area (Å²) in [6.45, 7) is 1.27. The normalized spacial score (nSPS) is 22.5. The number of carbonyl (C=O) groups is 1. The Kier molecular flexibility index (Phi) is 5.82. The van der Waals surface area contributed by atoms with Gasteiger partial charge in [-0.25, -0.2) is 8.78 Å². The van der Waals surface area contributed by atoms with E-state index in [4.69, 9.17) is 10.5 Å². The van der Waals surface area contributed by atoms with E-state index in [1.807, 2.05) is 4.90 Å². The van der Waals surface area contributed by atoms with E-state index < -0.39 is 11.6 Å². The highest BCUT2D eigenvalue weighted by molar-refractivity contribution is 5.92. The summed E-state index contributed by atoms with van der Waals surface area (Å²) in [5, 5.41) is 2.51. The summed E-state index contributed by atoms with van der Waals surface area (Å²) < 4.78 is 31.5. The van der Waals surface area contributed by atoms with Crippen molar-refractivity contribution in [2.45, 2.75) is 25.0 Å². The number of anilines is 1. The number of ether oxygens (including phenoxy) is 1. The van der Waals surface area contributed by atoms with Crippen molar-refractivity contribution in [3.63, 3.8) is 0 Å². The Morgan fingerprint density at radius 1 is 1.41 bits per heavy atom. The van der Waals surface area contributed by atoms with Gasteiger partial charge in [-0.1, -0.05) is 0 Å². The van der Waals surface area contributed by atoms with Crippen molar-refractivity contribution in [2.24, 2.45) is 5.73 Å².